The zero-order chi connectivity index (χ0) is 24.9. The molecule has 2 N–H and O–H groups in total. The normalized spacial score (nSPS) is 11.9. The molecular formula is C24H18N10O2. The molecular weight excluding hydrogens is 460 g/mol. The number of H-pyrrole nitrogens is 1. The number of carbonyl (C=O) groups excluding carboxylic acids is 1. The molecule has 176 valence electrons. The average molecular weight is 478 g/mol. The van der Waals surface area contributed by atoms with E-state index in [1.807, 2.05) is 30.3 Å². The molecule has 12 nitrogen and oxygen atoms in total. The van der Waals surface area contributed by atoms with E-state index in [0.717, 1.165) is 5.52 Å². The Morgan fingerprint density at radius 3 is 2.69 bits per heavy atom. The van der Waals surface area contributed by atoms with Crippen molar-refractivity contribution in [2.45, 2.75) is 6.04 Å². The molecule has 1 atom stereocenters. The molecule has 5 aromatic rings. The minimum Gasteiger partial charge on any atom is -0.495 e. The Balaban J connectivity index is 1.56. The fraction of sp³-hybridized carbons (Fsp3) is 0.0833. The van der Waals surface area contributed by atoms with Gasteiger partial charge in [0.05, 0.1) is 30.0 Å². The largest absolute Gasteiger partial charge is 0.495 e. The zero-order valence-electron chi connectivity index (χ0n) is 18.9. The van der Waals surface area contributed by atoms with E-state index in [0.29, 0.717) is 17.0 Å². The number of nitrogens with one attached hydrogen (secondary N) is 2. The lowest BCUT2D eigenvalue weighted by atomic mass is 10.2. The third kappa shape index (κ3) is 4.36. The summed E-state index contributed by atoms with van der Waals surface area (Å²) in [6.45, 7) is 0. The minimum absolute atomic E-state index is 0.0786. The number of hydrogen-bond donors (Lipinski definition) is 2. The number of anilines is 1. The molecule has 0 fully saturated rings. The maximum Gasteiger partial charge on any atom is 0.259 e. The topological polar surface area (TPSA) is 159 Å². The first-order valence-corrected chi connectivity index (χ1v) is 10.7. The number of methoxy groups -OCH3 is 1. The molecule has 0 spiro atoms. The zero-order valence-corrected chi connectivity index (χ0v) is 18.9. The van der Waals surface area contributed by atoms with E-state index in [1.165, 1.54) is 30.4 Å². The van der Waals surface area contributed by atoms with Crippen molar-refractivity contribution >= 4 is 28.4 Å². The summed E-state index contributed by atoms with van der Waals surface area (Å²) in [6, 6.07) is 16.8. The van der Waals surface area contributed by atoms with E-state index in [2.05, 4.69) is 40.6 Å². The quantitative estimate of drug-likeness (QED) is 0.336. The summed E-state index contributed by atoms with van der Waals surface area (Å²) >= 11 is 0. The highest BCUT2D eigenvalue weighted by Gasteiger charge is 2.26. The number of fused-ring (bicyclic) bond motifs is 1. The second kappa shape index (κ2) is 9.82. The summed E-state index contributed by atoms with van der Waals surface area (Å²) in [7, 11) is 1.51. The maximum absolute atomic E-state index is 13.4. The minimum atomic E-state index is -1.19. The number of aromatic nitrogens is 6. The molecule has 0 aliphatic rings. The van der Waals surface area contributed by atoms with Crippen molar-refractivity contribution in [1.82, 2.24) is 29.7 Å². The average Bonchev–Trinajstić information content (AvgIpc) is 3.53. The van der Waals surface area contributed by atoms with Gasteiger partial charge in [0.1, 0.15) is 23.2 Å². The summed E-state index contributed by atoms with van der Waals surface area (Å²) < 4.78 is 6.61. The standard InChI is InChI=1S/C24H18N10O2/c1-36-19-10-5-4-9-18(19)31-23(35)20(21-29-16-7-2-3-8-17(16)30-21)32-33-22-15(13-25)14-28-34(22)24-26-11-6-12-27-24/h2-12,14,20H,1H3,(H,29,30)(H,31,35). The number of nitrogens with zero attached hydrogens (tertiary/aromatic N) is 8. The van der Waals surface area contributed by atoms with E-state index < -0.39 is 11.9 Å². The number of para-hydroxylation sites is 4. The van der Waals surface area contributed by atoms with Crippen molar-refractivity contribution < 1.29 is 9.53 Å². The number of carbonyl (C=O) groups is 1. The number of benzene rings is 2. The smallest absolute Gasteiger partial charge is 0.259 e. The summed E-state index contributed by atoms with van der Waals surface area (Å²) in [5.74, 6) is 0.523. The Morgan fingerprint density at radius 2 is 1.92 bits per heavy atom. The second-order valence-corrected chi connectivity index (χ2v) is 7.40. The summed E-state index contributed by atoms with van der Waals surface area (Å²) in [6.07, 6.45) is 4.40. The third-order valence-electron chi connectivity index (χ3n) is 5.15. The lowest BCUT2D eigenvalue weighted by Crippen LogP contribution is -2.21. The molecule has 0 aliphatic carbocycles. The number of nitriles is 1. The number of amides is 1. The highest BCUT2D eigenvalue weighted by atomic mass is 16.5. The molecule has 2 aromatic carbocycles. The summed E-state index contributed by atoms with van der Waals surface area (Å²) in [5.41, 5.74) is 2.00. The first-order valence-electron chi connectivity index (χ1n) is 10.7. The van der Waals surface area contributed by atoms with E-state index in [4.69, 9.17) is 4.74 Å². The van der Waals surface area contributed by atoms with Crippen LogP contribution in [0.5, 0.6) is 5.75 Å². The van der Waals surface area contributed by atoms with Crippen LogP contribution in [-0.4, -0.2) is 42.7 Å². The van der Waals surface area contributed by atoms with E-state index in [1.54, 1.807) is 30.3 Å². The number of azo groups is 1. The van der Waals surface area contributed by atoms with Crippen LogP contribution in [0.4, 0.5) is 11.5 Å². The van der Waals surface area contributed by atoms with Crippen molar-refractivity contribution in [3.63, 3.8) is 0 Å². The summed E-state index contributed by atoms with van der Waals surface area (Å²) in [5, 5.41) is 25.1. The van der Waals surface area contributed by atoms with Gasteiger partial charge in [-0.1, -0.05) is 24.3 Å². The van der Waals surface area contributed by atoms with Gasteiger partial charge in [-0.3, -0.25) is 4.79 Å². The van der Waals surface area contributed by atoms with Crippen molar-refractivity contribution in [3.8, 4) is 17.8 Å². The van der Waals surface area contributed by atoms with E-state index in [9.17, 15) is 10.1 Å². The molecule has 0 bridgehead atoms. The van der Waals surface area contributed by atoms with Gasteiger partial charge in [0.25, 0.3) is 11.9 Å². The van der Waals surface area contributed by atoms with Gasteiger partial charge in [-0.2, -0.15) is 20.2 Å². The van der Waals surface area contributed by atoms with Gasteiger partial charge in [0.15, 0.2) is 5.82 Å². The van der Waals surface area contributed by atoms with E-state index >= 15 is 0 Å². The molecule has 36 heavy (non-hydrogen) atoms. The highest BCUT2D eigenvalue weighted by molar-refractivity contribution is 5.96. The molecule has 3 heterocycles. The predicted octanol–water partition coefficient (Wildman–Crippen LogP) is 3.88. The highest BCUT2D eigenvalue weighted by Crippen LogP contribution is 2.28. The molecule has 0 saturated heterocycles. The van der Waals surface area contributed by atoms with E-state index in [-0.39, 0.29) is 23.2 Å². The first kappa shape index (κ1) is 22.4. The van der Waals surface area contributed by atoms with Gasteiger partial charge in [-0.05, 0) is 30.3 Å². The Kier molecular flexibility index (Phi) is 6.10. The van der Waals surface area contributed by atoms with Crippen LogP contribution in [0.25, 0.3) is 17.0 Å². The van der Waals surface area contributed by atoms with Crippen molar-refractivity contribution in [2.24, 2.45) is 10.2 Å². The monoisotopic (exact) mass is 478 g/mol. The van der Waals surface area contributed by atoms with Crippen LogP contribution in [0.1, 0.15) is 17.4 Å². The Labute approximate surface area is 204 Å². The molecule has 5 rings (SSSR count). The number of ether oxygens (including phenoxy) is 1. The lowest BCUT2D eigenvalue weighted by Gasteiger charge is -2.13. The Bertz CT molecular complexity index is 1570. The SMILES string of the molecule is COc1ccccc1NC(=O)C(N=Nc1c(C#N)cnn1-c1ncccn1)c1nc2ccccc2[nH]1. The van der Waals surface area contributed by atoms with Crippen LogP contribution < -0.4 is 10.1 Å². The van der Waals surface area contributed by atoms with Crippen molar-refractivity contribution in [3.05, 3.63) is 84.6 Å². The molecule has 3 aromatic heterocycles. The van der Waals surface area contributed by atoms with Crippen LogP contribution in [0.2, 0.25) is 0 Å². The maximum atomic E-state index is 13.4. The molecule has 0 saturated carbocycles. The number of aromatic amines is 1. The van der Waals surface area contributed by atoms with Crippen LogP contribution in [0.3, 0.4) is 0 Å². The lowest BCUT2D eigenvalue weighted by molar-refractivity contribution is -0.117. The first-order chi connectivity index (χ1) is 17.7. The van der Waals surface area contributed by atoms with Crippen LogP contribution in [0.15, 0.2) is 83.4 Å². The number of hydrogen-bond acceptors (Lipinski definition) is 9. The second-order valence-electron chi connectivity index (χ2n) is 7.40. The van der Waals surface area contributed by atoms with Crippen molar-refractivity contribution in [1.29, 1.82) is 5.26 Å². The molecule has 12 heteroatoms. The van der Waals surface area contributed by atoms with Gasteiger partial charge in [-0.25, -0.2) is 15.0 Å². The van der Waals surface area contributed by atoms with Gasteiger partial charge in [0, 0.05) is 12.4 Å². The third-order valence-corrected chi connectivity index (χ3v) is 5.15. The van der Waals surface area contributed by atoms with Gasteiger partial charge >= 0.3 is 0 Å². The van der Waals surface area contributed by atoms with Gasteiger partial charge in [-0.15, -0.1) is 5.11 Å². The summed E-state index contributed by atoms with van der Waals surface area (Å²) in [4.78, 5) is 29.4. The van der Waals surface area contributed by atoms with Crippen LogP contribution in [0, 0.1) is 11.3 Å². The fourth-order valence-electron chi connectivity index (χ4n) is 3.46. The Morgan fingerprint density at radius 1 is 1.14 bits per heavy atom. The van der Waals surface area contributed by atoms with Crippen LogP contribution >= 0.6 is 0 Å². The molecule has 0 radical (unpaired) electrons. The molecule has 1 unspecified atom stereocenters. The Hall–Kier alpha value is -5.44. The molecule has 0 aliphatic heterocycles. The van der Waals surface area contributed by atoms with Crippen LogP contribution in [-0.2, 0) is 4.79 Å². The molecule has 1 amide bonds. The van der Waals surface area contributed by atoms with Crippen molar-refractivity contribution in [2.75, 3.05) is 12.4 Å². The number of rotatable bonds is 7. The van der Waals surface area contributed by atoms with Gasteiger partial charge in [0.2, 0.25) is 6.04 Å². The van der Waals surface area contributed by atoms with Gasteiger partial charge < -0.3 is 15.0 Å². The fourth-order valence-corrected chi connectivity index (χ4v) is 3.46. The predicted molar refractivity (Wildman–Crippen MR) is 129 cm³/mol. The number of imidazole rings is 1.